The summed E-state index contributed by atoms with van der Waals surface area (Å²) < 4.78 is 28.2. The summed E-state index contributed by atoms with van der Waals surface area (Å²) in [5.41, 5.74) is 0. The highest BCUT2D eigenvalue weighted by Gasteiger charge is 2.50. The SMILES string of the molecule is CC/C=C\C/C=C\C/C=C\C/C=C\C/C=C\CCCCCC(=O)OCC(COC1OC(C(=O)O)C(O)C(O)C1OC(=O)C/C=C\C/C=C\C/C=C\C/C=C\C/C=C\CC)OC(=O)CCCCCCC/C=C\CCCCCC. The van der Waals surface area contributed by atoms with Gasteiger partial charge >= 0.3 is 23.9 Å². The van der Waals surface area contributed by atoms with Crippen molar-refractivity contribution in [1.82, 2.24) is 0 Å². The molecule has 0 aromatic heterocycles. The minimum Gasteiger partial charge on any atom is -0.479 e. The van der Waals surface area contributed by atoms with Crippen molar-refractivity contribution < 1.29 is 58.2 Å². The number of esters is 3. The van der Waals surface area contributed by atoms with Crippen LogP contribution >= 0.6 is 0 Å². The number of carbonyl (C=O) groups is 4. The third kappa shape index (κ3) is 41.6. The van der Waals surface area contributed by atoms with E-state index in [9.17, 15) is 34.5 Å². The zero-order chi connectivity index (χ0) is 56.1. The van der Waals surface area contributed by atoms with Crippen LogP contribution in [0.4, 0.5) is 0 Å². The van der Waals surface area contributed by atoms with Gasteiger partial charge in [-0.3, -0.25) is 14.4 Å². The van der Waals surface area contributed by atoms with Gasteiger partial charge in [0.25, 0.3) is 0 Å². The number of aliphatic carboxylic acids is 1. The van der Waals surface area contributed by atoms with Gasteiger partial charge in [-0.05, 0) is 116 Å². The van der Waals surface area contributed by atoms with E-state index in [0.717, 1.165) is 116 Å². The fraction of sp³-hybridized carbons (Fsp3) is 0.600. The van der Waals surface area contributed by atoms with Crippen molar-refractivity contribution in [1.29, 1.82) is 0 Å². The van der Waals surface area contributed by atoms with E-state index in [1.54, 1.807) is 12.2 Å². The largest absolute Gasteiger partial charge is 0.479 e. The molecule has 0 bridgehead atoms. The smallest absolute Gasteiger partial charge is 0.335 e. The summed E-state index contributed by atoms with van der Waals surface area (Å²) in [5.74, 6) is -3.36. The summed E-state index contributed by atoms with van der Waals surface area (Å²) >= 11 is 0. The minimum absolute atomic E-state index is 0.127. The van der Waals surface area contributed by atoms with Crippen molar-refractivity contribution >= 4 is 23.9 Å². The summed E-state index contributed by atoms with van der Waals surface area (Å²) in [4.78, 5) is 51.0. The van der Waals surface area contributed by atoms with Gasteiger partial charge in [-0.1, -0.05) is 199 Å². The van der Waals surface area contributed by atoms with Gasteiger partial charge in [0, 0.05) is 12.8 Å². The standard InChI is InChI=1S/C65H100O12/c1-4-7-10-13-16-19-22-25-27-28-29-30-32-34-36-39-42-45-48-51-57(66)73-54-56(75-58(67)52-49-46-43-40-37-33-24-21-18-15-12-9-6-3)55-74-65-63(61(70)60(69)62(77-65)64(71)72)76-59(68)53-50-47-44-41-38-35-31-26-23-20-17-14-11-8-5-2/h7-8,10-11,16-17,19-21,24-27,29-31,34,36,38,41,47,50,56,60-63,65,69-70H,4-6,9,12-15,18,22-23,28,32-33,35,37,39-40,42-46,48-49,51-55H2,1-3H3,(H,71,72)/b10-7-,11-8-,19-16-,20-17-,24-21-,27-25-,30-29-,31-26-,36-34-,41-38-,50-47-. The van der Waals surface area contributed by atoms with Crippen molar-refractivity contribution in [2.24, 2.45) is 0 Å². The van der Waals surface area contributed by atoms with Crippen LogP contribution in [0.5, 0.6) is 0 Å². The maximum Gasteiger partial charge on any atom is 0.335 e. The summed E-state index contributed by atoms with van der Waals surface area (Å²) in [7, 11) is 0. The highest BCUT2D eigenvalue weighted by atomic mass is 16.7. The molecule has 432 valence electrons. The fourth-order valence-electron chi connectivity index (χ4n) is 7.82. The summed E-state index contributed by atoms with van der Waals surface area (Å²) in [6, 6.07) is 0. The number of allylic oxidation sites excluding steroid dienone is 21. The van der Waals surface area contributed by atoms with Gasteiger partial charge in [-0.25, -0.2) is 4.79 Å². The lowest BCUT2D eigenvalue weighted by Gasteiger charge is -2.40. The van der Waals surface area contributed by atoms with E-state index in [1.807, 2.05) is 12.2 Å². The second kappa shape index (κ2) is 51.6. The lowest BCUT2D eigenvalue weighted by atomic mass is 9.98. The van der Waals surface area contributed by atoms with Gasteiger partial charge in [0.1, 0.15) is 18.8 Å². The highest BCUT2D eigenvalue weighted by molar-refractivity contribution is 5.74. The lowest BCUT2D eigenvalue weighted by molar-refractivity contribution is -0.301. The molecule has 0 aromatic rings. The predicted molar refractivity (Wildman–Crippen MR) is 312 cm³/mol. The number of ether oxygens (including phenoxy) is 5. The van der Waals surface area contributed by atoms with E-state index in [-0.39, 0.29) is 25.9 Å². The molecule has 6 atom stereocenters. The van der Waals surface area contributed by atoms with Crippen LogP contribution in [0.3, 0.4) is 0 Å². The van der Waals surface area contributed by atoms with Crippen LogP contribution in [0, 0.1) is 0 Å². The first-order valence-corrected chi connectivity index (χ1v) is 29.2. The first kappa shape index (κ1) is 69.9. The molecule has 0 aromatic carbocycles. The van der Waals surface area contributed by atoms with Gasteiger partial charge in [0.15, 0.2) is 24.6 Å². The molecular formula is C65H100O12. The van der Waals surface area contributed by atoms with E-state index in [1.165, 1.54) is 25.7 Å². The quantitative estimate of drug-likeness (QED) is 0.0228. The molecule has 1 rings (SSSR count). The maximum atomic E-state index is 13.1. The Kier molecular flexibility index (Phi) is 46.8. The zero-order valence-corrected chi connectivity index (χ0v) is 47.4. The summed E-state index contributed by atoms with van der Waals surface area (Å²) in [6.45, 7) is 5.65. The Morgan fingerprint density at radius 3 is 1.34 bits per heavy atom. The molecule has 6 unspecified atom stereocenters. The molecule has 1 aliphatic heterocycles. The van der Waals surface area contributed by atoms with Gasteiger partial charge in [0.2, 0.25) is 0 Å². The summed E-state index contributed by atoms with van der Waals surface area (Å²) in [6.07, 6.45) is 60.2. The lowest BCUT2D eigenvalue weighted by Crippen LogP contribution is -2.61. The molecule has 0 radical (unpaired) electrons. The number of hydrogen-bond acceptors (Lipinski definition) is 11. The second-order valence-electron chi connectivity index (χ2n) is 19.2. The van der Waals surface area contributed by atoms with Crippen LogP contribution < -0.4 is 0 Å². The number of hydrogen-bond donors (Lipinski definition) is 3. The Balaban J connectivity index is 2.77. The van der Waals surface area contributed by atoms with Crippen LogP contribution in [-0.4, -0.2) is 89.2 Å². The first-order valence-electron chi connectivity index (χ1n) is 29.2. The van der Waals surface area contributed by atoms with Crippen LogP contribution in [-0.2, 0) is 42.9 Å². The Morgan fingerprint density at radius 1 is 0.455 bits per heavy atom. The average molecular weight is 1070 g/mol. The molecule has 1 saturated heterocycles. The van der Waals surface area contributed by atoms with Crippen LogP contribution in [0.1, 0.15) is 201 Å². The molecule has 1 fully saturated rings. The molecule has 12 heteroatoms. The van der Waals surface area contributed by atoms with E-state index >= 15 is 0 Å². The topological polar surface area (TPSA) is 175 Å². The summed E-state index contributed by atoms with van der Waals surface area (Å²) in [5, 5.41) is 31.4. The average Bonchev–Trinajstić information content (AvgIpc) is 3.42. The number of carboxylic acids is 1. The molecule has 77 heavy (non-hydrogen) atoms. The molecule has 0 saturated carbocycles. The second-order valence-corrected chi connectivity index (χ2v) is 19.2. The van der Waals surface area contributed by atoms with Gasteiger partial charge in [-0.2, -0.15) is 0 Å². The van der Waals surface area contributed by atoms with Gasteiger partial charge in [-0.15, -0.1) is 0 Å². The van der Waals surface area contributed by atoms with Crippen molar-refractivity contribution in [3.63, 3.8) is 0 Å². The molecule has 0 aliphatic carbocycles. The molecule has 3 N–H and O–H groups in total. The zero-order valence-electron chi connectivity index (χ0n) is 47.4. The number of carboxylic acid groups (broad SMARTS) is 1. The van der Waals surface area contributed by atoms with Crippen LogP contribution in [0.25, 0.3) is 0 Å². The molecule has 12 nitrogen and oxygen atoms in total. The normalized spacial score (nSPS) is 19.0. The molecular weight excluding hydrogens is 973 g/mol. The highest BCUT2D eigenvalue weighted by Crippen LogP contribution is 2.26. The van der Waals surface area contributed by atoms with Crippen LogP contribution in [0.15, 0.2) is 134 Å². The Bertz CT molecular complexity index is 1850. The van der Waals surface area contributed by atoms with Crippen molar-refractivity contribution in [2.75, 3.05) is 13.2 Å². The van der Waals surface area contributed by atoms with E-state index in [2.05, 4.69) is 130 Å². The molecule has 1 aliphatic rings. The third-order valence-electron chi connectivity index (χ3n) is 12.2. The number of aliphatic hydroxyl groups excluding tert-OH is 2. The number of unbranched alkanes of at least 4 members (excludes halogenated alkanes) is 12. The van der Waals surface area contributed by atoms with E-state index in [4.69, 9.17) is 23.7 Å². The van der Waals surface area contributed by atoms with Crippen molar-refractivity contribution in [2.45, 2.75) is 237 Å². The number of aliphatic hydroxyl groups is 2. The van der Waals surface area contributed by atoms with Gasteiger partial charge in [0.05, 0.1) is 13.0 Å². The fourth-order valence-corrected chi connectivity index (χ4v) is 7.82. The van der Waals surface area contributed by atoms with Crippen molar-refractivity contribution in [3.8, 4) is 0 Å². The number of carbonyl (C=O) groups excluding carboxylic acids is 3. The Hall–Kier alpha value is -5.14. The van der Waals surface area contributed by atoms with E-state index in [0.29, 0.717) is 19.3 Å². The number of rotatable bonds is 47. The molecule has 0 amide bonds. The Labute approximate surface area is 464 Å². The molecule has 0 spiro atoms. The Morgan fingerprint density at radius 2 is 0.857 bits per heavy atom. The predicted octanol–water partition coefficient (Wildman–Crippen LogP) is 15.0. The van der Waals surface area contributed by atoms with Gasteiger partial charge < -0.3 is 39.0 Å². The van der Waals surface area contributed by atoms with Crippen LogP contribution in [0.2, 0.25) is 0 Å². The molecule has 1 heterocycles. The third-order valence-corrected chi connectivity index (χ3v) is 12.2. The first-order chi connectivity index (χ1) is 37.6. The minimum atomic E-state index is -1.95. The van der Waals surface area contributed by atoms with E-state index < -0.39 is 67.3 Å². The van der Waals surface area contributed by atoms with Crippen molar-refractivity contribution in [3.05, 3.63) is 134 Å². The monoisotopic (exact) mass is 1070 g/mol. The maximum absolute atomic E-state index is 13.1.